The normalized spacial score (nSPS) is 19.5. The number of hydrogen-bond donors (Lipinski definition) is 1. The lowest BCUT2D eigenvalue weighted by Gasteiger charge is -2.40. The zero-order valence-corrected chi connectivity index (χ0v) is 13.7. The molecule has 118 valence electrons. The molecule has 2 rings (SSSR count). The van der Waals surface area contributed by atoms with Crippen LogP contribution in [-0.2, 0) is 0 Å². The molecule has 0 aromatic carbocycles. The third kappa shape index (κ3) is 4.64. The average molecular weight is 291 g/mol. The maximum Gasteiger partial charge on any atom is 0.225 e. The van der Waals surface area contributed by atoms with Gasteiger partial charge >= 0.3 is 0 Å². The second kappa shape index (κ2) is 7.71. The van der Waals surface area contributed by atoms with Crippen LogP contribution in [0.4, 0.5) is 5.95 Å². The summed E-state index contributed by atoms with van der Waals surface area (Å²) in [5, 5.41) is 3.36. The first kappa shape index (κ1) is 16.2. The molecule has 0 amide bonds. The first-order valence-corrected chi connectivity index (χ1v) is 8.06. The molecule has 0 saturated carbocycles. The minimum absolute atomic E-state index is 0.370. The highest BCUT2D eigenvalue weighted by molar-refractivity contribution is 5.29. The summed E-state index contributed by atoms with van der Waals surface area (Å²) in [6, 6.07) is 1.87. The lowest BCUT2D eigenvalue weighted by atomic mass is 9.84. The molecule has 1 atom stereocenters. The molecular weight excluding hydrogens is 262 g/mol. The van der Waals surface area contributed by atoms with Gasteiger partial charge < -0.3 is 10.2 Å². The van der Waals surface area contributed by atoms with Gasteiger partial charge in [-0.15, -0.1) is 0 Å². The summed E-state index contributed by atoms with van der Waals surface area (Å²) in [4.78, 5) is 13.6. The Balaban J connectivity index is 1.86. The fourth-order valence-corrected chi connectivity index (χ4v) is 3.35. The predicted molar refractivity (Wildman–Crippen MR) is 87.6 cm³/mol. The maximum absolute atomic E-state index is 4.35. The first-order valence-electron chi connectivity index (χ1n) is 8.06. The van der Waals surface area contributed by atoms with Gasteiger partial charge in [-0.2, -0.15) is 0 Å². The Bertz CT molecular complexity index is 394. The van der Waals surface area contributed by atoms with Crippen molar-refractivity contribution in [2.45, 2.75) is 26.7 Å². The Morgan fingerprint density at radius 3 is 2.43 bits per heavy atom. The summed E-state index contributed by atoms with van der Waals surface area (Å²) in [5.41, 5.74) is 0.370. The van der Waals surface area contributed by atoms with E-state index in [0.29, 0.717) is 5.41 Å². The van der Waals surface area contributed by atoms with E-state index in [1.54, 1.807) is 0 Å². The second-order valence-electron chi connectivity index (χ2n) is 6.40. The molecular formula is C16H29N5. The summed E-state index contributed by atoms with van der Waals surface area (Å²) < 4.78 is 0. The van der Waals surface area contributed by atoms with E-state index < -0.39 is 0 Å². The molecule has 1 N–H and O–H groups in total. The standard InChI is InChI=1S/C16H29N5/c1-4-6-16(2,13-17-3)14-20-9-11-21(12-10-20)15-18-7-5-8-19-15/h5,7-8,17H,4,6,9-14H2,1-3H3. The van der Waals surface area contributed by atoms with Crippen LogP contribution in [0.25, 0.3) is 0 Å². The quantitative estimate of drug-likeness (QED) is 0.827. The highest BCUT2D eigenvalue weighted by atomic mass is 15.3. The van der Waals surface area contributed by atoms with Crippen LogP contribution in [0, 0.1) is 5.41 Å². The fraction of sp³-hybridized carbons (Fsp3) is 0.750. The van der Waals surface area contributed by atoms with Gasteiger partial charge in [0.25, 0.3) is 0 Å². The van der Waals surface area contributed by atoms with Gasteiger partial charge in [0.05, 0.1) is 0 Å². The molecule has 0 bridgehead atoms. The van der Waals surface area contributed by atoms with Crippen LogP contribution < -0.4 is 10.2 Å². The first-order chi connectivity index (χ1) is 10.2. The summed E-state index contributed by atoms with van der Waals surface area (Å²) in [6.45, 7) is 11.2. The SMILES string of the molecule is CCCC(C)(CNC)CN1CCN(c2ncccn2)CC1. The number of aromatic nitrogens is 2. The van der Waals surface area contributed by atoms with Crippen molar-refractivity contribution in [1.82, 2.24) is 20.2 Å². The Kier molecular flexibility index (Phi) is 5.94. The Morgan fingerprint density at radius 2 is 1.86 bits per heavy atom. The number of nitrogens with zero attached hydrogens (tertiary/aromatic N) is 4. The molecule has 1 saturated heterocycles. The minimum Gasteiger partial charge on any atom is -0.338 e. The zero-order chi connectivity index (χ0) is 15.1. The monoisotopic (exact) mass is 291 g/mol. The van der Waals surface area contributed by atoms with Crippen molar-refractivity contribution in [3.05, 3.63) is 18.5 Å². The van der Waals surface area contributed by atoms with Gasteiger partial charge in [-0.05, 0) is 24.9 Å². The third-order valence-corrected chi connectivity index (χ3v) is 4.27. The van der Waals surface area contributed by atoms with Gasteiger partial charge in [0.1, 0.15) is 0 Å². The Hall–Kier alpha value is -1.20. The van der Waals surface area contributed by atoms with E-state index in [1.807, 2.05) is 18.5 Å². The van der Waals surface area contributed by atoms with Crippen LogP contribution in [0.15, 0.2) is 18.5 Å². The fourth-order valence-electron chi connectivity index (χ4n) is 3.35. The predicted octanol–water partition coefficient (Wildman–Crippen LogP) is 1.62. The van der Waals surface area contributed by atoms with Crippen molar-refractivity contribution in [2.24, 2.45) is 5.41 Å². The smallest absolute Gasteiger partial charge is 0.225 e. The second-order valence-corrected chi connectivity index (χ2v) is 6.40. The van der Waals surface area contributed by atoms with Crippen molar-refractivity contribution < 1.29 is 0 Å². The highest BCUT2D eigenvalue weighted by Gasteiger charge is 2.28. The molecule has 5 heteroatoms. The largest absolute Gasteiger partial charge is 0.338 e. The molecule has 1 fully saturated rings. The maximum atomic E-state index is 4.35. The molecule has 1 aromatic rings. The molecule has 2 heterocycles. The van der Waals surface area contributed by atoms with Crippen LogP contribution in [-0.4, -0.2) is 61.2 Å². The van der Waals surface area contributed by atoms with E-state index in [-0.39, 0.29) is 0 Å². The van der Waals surface area contributed by atoms with Crippen LogP contribution >= 0.6 is 0 Å². The minimum atomic E-state index is 0.370. The van der Waals surface area contributed by atoms with E-state index >= 15 is 0 Å². The number of nitrogens with one attached hydrogen (secondary N) is 1. The van der Waals surface area contributed by atoms with Gasteiger partial charge in [0, 0.05) is 51.7 Å². The van der Waals surface area contributed by atoms with Crippen molar-refractivity contribution >= 4 is 5.95 Å². The lowest BCUT2D eigenvalue weighted by Crippen LogP contribution is -2.51. The van der Waals surface area contributed by atoms with Crippen molar-refractivity contribution in [1.29, 1.82) is 0 Å². The van der Waals surface area contributed by atoms with E-state index in [1.165, 1.54) is 19.4 Å². The lowest BCUT2D eigenvalue weighted by molar-refractivity contribution is 0.145. The average Bonchev–Trinajstić information content (AvgIpc) is 2.49. The number of rotatable bonds is 7. The van der Waals surface area contributed by atoms with Crippen molar-refractivity contribution in [3.8, 4) is 0 Å². The van der Waals surface area contributed by atoms with Crippen LogP contribution in [0.2, 0.25) is 0 Å². The van der Waals surface area contributed by atoms with E-state index in [2.05, 4.69) is 46.0 Å². The summed E-state index contributed by atoms with van der Waals surface area (Å²) in [5.74, 6) is 0.865. The Morgan fingerprint density at radius 1 is 1.19 bits per heavy atom. The third-order valence-electron chi connectivity index (χ3n) is 4.27. The molecule has 1 aromatic heterocycles. The topological polar surface area (TPSA) is 44.3 Å². The highest BCUT2D eigenvalue weighted by Crippen LogP contribution is 2.24. The van der Waals surface area contributed by atoms with E-state index in [0.717, 1.165) is 38.7 Å². The molecule has 21 heavy (non-hydrogen) atoms. The van der Waals surface area contributed by atoms with Gasteiger partial charge in [0.15, 0.2) is 0 Å². The van der Waals surface area contributed by atoms with E-state index in [9.17, 15) is 0 Å². The molecule has 1 aliphatic heterocycles. The molecule has 1 unspecified atom stereocenters. The van der Waals surface area contributed by atoms with Crippen LogP contribution in [0.5, 0.6) is 0 Å². The summed E-state index contributed by atoms with van der Waals surface area (Å²) in [6.07, 6.45) is 6.16. The molecule has 0 aliphatic carbocycles. The number of piperazine rings is 1. The van der Waals surface area contributed by atoms with Gasteiger partial charge in [0.2, 0.25) is 5.95 Å². The molecule has 5 nitrogen and oxygen atoms in total. The van der Waals surface area contributed by atoms with Crippen molar-refractivity contribution in [3.63, 3.8) is 0 Å². The number of anilines is 1. The van der Waals surface area contributed by atoms with Gasteiger partial charge in [-0.25, -0.2) is 9.97 Å². The number of hydrogen-bond acceptors (Lipinski definition) is 5. The summed E-state index contributed by atoms with van der Waals surface area (Å²) in [7, 11) is 2.05. The van der Waals surface area contributed by atoms with Gasteiger partial charge in [-0.1, -0.05) is 20.3 Å². The summed E-state index contributed by atoms with van der Waals surface area (Å²) >= 11 is 0. The van der Waals surface area contributed by atoms with Gasteiger partial charge in [-0.3, -0.25) is 4.90 Å². The van der Waals surface area contributed by atoms with Crippen LogP contribution in [0.1, 0.15) is 26.7 Å². The molecule has 0 radical (unpaired) electrons. The van der Waals surface area contributed by atoms with Crippen molar-refractivity contribution in [2.75, 3.05) is 51.2 Å². The molecule has 0 spiro atoms. The van der Waals surface area contributed by atoms with Crippen LogP contribution in [0.3, 0.4) is 0 Å². The van der Waals surface area contributed by atoms with E-state index in [4.69, 9.17) is 0 Å². The molecule has 1 aliphatic rings. The Labute approximate surface area is 128 Å². The zero-order valence-electron chi connectivity index (χ0n) is 13.7.